The molecular formula is C10H14N2O2. The zero-order valence-corrected chi connectivity index (χ0v) is 8.17. The van der Waals surface area contributed by atoms with Crippen molar-refractivity contribution in [3.63, 3.8) is 0 Å². The first-order chi connectivity index (χ1) is 6.69. The molecule has 0 bridgehead atoms. The Morgan fingerprint density at radius 3 is 2.86 bits per heavy atom. The Morgan fingerprint density at radius 1 is 1.50 bits per heavy atom. The minimum absolute atomic E-state index is 0.168. The summed E-state index contributed by atoms with van der Waals surface area (Å²) in [5.74, 6) is 0.0534. The fraction of sp³-hybridized carbons (Fsp3) is 0.600. The van der Waals surface area contributed by atoms with E-state index in [4.69, 9.17) is 0 Å². The molecule has 4 heteroatoms. The second-order valence-corrected chi connectivity index (χ2v) is 3.90. The van der Waals surface area contributed by atoms with Crippen molar-refractivity contribution in [3.05, 3.63) is 12.2 Å². The maximum atomic E-state index is 11.7. The van der Waals surface area contributed by atoms with Gasteiger partial charge in [0.1, 0.15) is 5.54 Å². The summed E-state index contributed by atoms with van der Waals surface area (Å²) in [4.78, 5) is 22.8. The van der Waals surface area contributed by atoms with Gasteiger partial charge in [0.25, 0.3) is 5.91 Å². The van der Waals surface area contributed by atoms with Gasteiger partial charge in [-0.2, -0.15) is 0 Å². The third kappa shape index (κ3) is 1.14. The highest BCUT2D eigenvalue weighted by atomic mass is 16.2. The fourth-order valence-corrected chi connectivity index (χ4v) is 2.35. The zero-order chi connectivity index (χ0) is 10.2. The van der Waals surface area contributed by atoms with Crippen LogP contribution < -0.4 is 10.6 Å². The summed E-state index contributed by atoms with van der Waals surface area (Å²) in [5.41, 5.74) is -0.666. The van der Waals surface area contributed by atoms with Crippen LogP contribution in [0.5, 0.6) is 0 Å². The molecule has 1 saturated heterocycles. The molecule has 3 amide bonds. The molecule has 1 aliphatic carbocycles. The maximum absolute atomic E-state index is 11.7. The van der Waals surface area contributed by atoms with Crippen molar-refractivity contribution in [2.45, 2.75) is 31.7 Å². The molecule has 2 unspecified atom stereocenters. The van der Waals surface area contributed by atoms with E-state index >= 15 is 0 Å². The van der Waals surface area contributed by atoms with E-state index in [1.54, 1.807) is 0 Å². The van der Waals surface area contributed by atoms with E-state index in [1.807, 2.05) is 13.0 Å². The Balaban J connectivity index is 2.32. The van der Waals surface area contributed by atoms with Crippen LogP contribution in [0.15, 0.2) is 12.2 Å². The van der Waals surface area contributed by atoms with Crippen LogP contribution >= 0.6 is 0 Å². The van der Waals surface area contributed by atoms with Crippen molar-refractivity contribution in [2.75, 3.05) is 0 Å². The van der Waals surface area contributed by atoms with Crippen LogP contribution in [0.3, 0.4) is 0 Å². The van der Waals surface area contributed by atoms with Crippen molar-refractivity contribution < 1.29 is 9.59 Å². The van der Waals surface area contributed by atoms with Crippen molar-refractivity contribution in [1.29, 1.82) is 0 Å². The molecule has 2 N–H and O–H groups in total. The molecule has 1 heterocycles. The molecule has 4 nitrogen and oxygen atoms in total. The van der Waals surface area contributed by atoms with Crippen molar-refractivity contribution >= 4 is 11.9 Å². The van der Waals surface area contributed by atoms with Gasteiger partial charge in [0.15, 0.2) is 0 Å². The highest BCUT2D eigenvalue weighted by Crippen LogP contribution is 2.34. The fourth-order valence-electron chi connectivity index (χ4n) is 2.35. The number of carbonyl (C=O) groups is 2. The Hall–Kier alpha value is -1.32. The van der Waals surface area contributed by atoms with E-state index in [2.05, 4.69) is 16.7 Å². The van der Waals surface area contributed by atoms with E-state index in [0.29, 0.717) is 6.42 Å². The molecule has 1 fully saturated rings. The second kappa shape index (κ2) is 3.12. The zero-order valence-electron chi connectivity index (χ0n) is 8.17. The van der Waals surface area contributed by atoms with Crippen LogP contribution in [0.2, 0.25) is 0 Å². The van der Waals surface area contributed by atoms with Gasteiger partial charge in [-0.25, -0.2) is 4.79 Å². The van der Waals surface area contributed by atoms with Gasteiger partial charge in [0.05, 0.1) is 0 Å². The van der Waals surface area contributed by atoms with Crippen LogP contribution in [0.4, 0.5) is 4.79 Å². The summed E-state index contributed by atoms with van der Waals surface area (Å²) in [5, 5.41) is 5.09. The predicted octanol–water partition coefficient (Wildman–Crippen LogP) is 0.941. The lowest BCUT2D eigenvalue weighted by Gasteiger charge is -2.35. The lowest BCUT2D eigenvalue weighted by atomic mass is 9.74. The van der Waals surface area contributed by atoms with Crippen LogP contribution in [-0.4, -0.2) is 17.5 Å². The predicted molar refractivity (Wildman–Crippen MR) is 51.6 cm³/mol. The van der Waals surface area contributed by atoms with Gasteiger partial charge in [-0.05, 0) is 18.8 Å². The number of imide groups is 1. The Kier molecular flexibility index (Phi) is 2.06. The van der Waals surface area contributed by atoms with E-state index in [-0.39, 0.29) is 17.9 Å². The summed E-state index contributed by atoms with van der Waals surface area (Å²) in [6.07, 6.45) is 6.43. The third-order valence-electron chi connectivity index (χ3n) is 3.19. The number of rotatable bonds is 1. The quantitative estimate of drug-likeness (QED) is 0.482. The Morgan fingerprint density at radius 2 is 2.29 bits per heavy atom. The molecular weight excluding hydrogens is 180 g/mol. The molecule has 1 spiro atoms. The molecule has 2 atom stereocenters. The monoisotopic (exact) mass is 194 g/mol. The van der Waals surface area contributed by atoms with Gasteiger partial charge in [-0.15, -0.1) is 0 Å². The molecule has 2 aliphatic rings. The number of allylic oxidation sites excluding steroid dienone is 1. The summed E-state index contributed by atoms with van der Waals surface area (Å²) < 4.78 is 0. The van der Waals surface area contributed by atoms with E-state index in [0.717, 1.165) is 12.8 Å². The molecule has 0 aromatic heterocycles. The summed E-state index contributed by atoms with van der Waals surface area (Å²) >= 11 is 0. The second-order valence-electron chi connectivity index (χ2n) is 3.90. The lowest BCUT2D eigenvalue weighted by Crippen LogP contribution is -2.53. The third-order valence-corrected chi connectivity index (χ3v) is 3.19. The van der Waals surface area contributed by atoms with Crippen molar-refractivity contribution in [2.24, 2.45) is 5.92 Å². The molecule has 0 aromatic carbocycles. The number of carbonyl (C=O) groups excluding carboxylic acids is 2. The average molecular weight is 194 g/mol. The van der Waals surface area contributed by atoms with E-state index in [1.165, 1.54) is 0 Å². The molecule has 76 valence electrons. The first-order valence-electron chi connectivity index (χ1n) is 4.97. The number of amides is 3. The first-order valence-corrected chi connectivity index (χ1v) is 4.97. The molecule has 14 heavy (non-hydrogen) atoms. The maximum Gasteiger partial charge on any atom is 0.322 e. The molecule has 2 rings (SSSR count). The minimum atomic E-state index is -0.666. The topological polar surface area (TPSA) is 58.2 Å². The highest BCUT2D eigenvalue weighted by molar-refractivity contribution is 6.07. The van der Waals surface area contributed by atoms with Gasteiger partial charge < -0.3 is 5.32 Å². The van der Waals surface area contributed by atoms with Crippen LogP contribution in [0, 0.1) is 5.92 Å². The minimum Gasteiger partial charge on any atom is -0.323 e. The standard InChI is InChI=1S/C10H14N2O2/c1-2-7-5-3-4-6-10(7)8(13)11-9(14)12-10/h3-4,7H,2,5-6H2,1H3,(H2,11,12,13,14). The molecule has 0 aromatic rings. The van der Waals surface area contributed by atoms with E-state index < -0.39 is 5.54 Å². The molecule has 1 aliphatic heterocycles. The van der Waals surface area contributed by atoms with Gasteiger partial charge in [-0.1, -0.05) is 25.5 Å². The number of hydrogen-bond acceptors (Lipinski definition) is 2. The Bertz CT molecular complexity index is 311. The number of urea groups is 1. The lowest BCUT2D eigenvalue weighted by molar-refractivity contribution is -0.126. The normalized spacial score (nSPS) is 35.9. The van der Waals surface area contributed by atoms with Crippen molar-refractivity contribution in [3.8, 4) is 0 Å². The highest BCUT2D eigenvalue weighted by Gasteiger charge is 2.50. The largest absolute Gasteiger partial charge is 0.323 e. The van der Waals surface area contributed by atoms with Crippen LogP contribution in [-0.2, 0) is 4.79 Å². The average Bonchev–Trinajstić information content (AvgIpc) is 2.43. The van der Waals surface area contributed by atoms with Crippen LogP contribution in [0.25, 0.3) is 0 Å². The van der Waals surface area contributed by atoms with Crippen LogP contribution in [0.1, 0.15) is 26.2 Å². The first kappa shape index (κ1) is 9.24. The van der Waals surface area contributed by atoms with Gasteiger partial charge >= 0.3 is 6.03 Å². The molecule has 0 saturated carbocycles. The SMILES string of the molecule is CCC1CC=CCC12NC(=O)NC2=O. The Labute approximate surface area is 82.7 Å². The summed E-state index contributed by atoms with van der Waals surface area (Å²) in [7, 11) is 0. The molecule has 0 radical (unpaired) electrons. The summed E-state index contributed by atoms with van der Waals surface area (Å²) in [6, 6.07) is -0.358. The number of hydrogen-bond donors (Lipinski definition) is 2. The van der Waals surface area contributed by atoms with Gasteiger partial charge in [0.2, 0.25) is 0 Å². The summed E-state index contributed by atoms with van der Waals surface area (Å²) in [6.45, 7) is 2.04. The van der Waals surface area contributed by atoms with E-state index in [9.17, 15) is 9.59 Å². The van der Waals surface area contributed by atoms with Crippen molar-refractivity contribution in [1.82, 2.24) is 10.6 Å². The number of nitrogens with one attached hydrogen (secondary N) is 2. The van der Waals surface area contributed by atoms with Gasteiger partial charge in [0, 0.05) is 0 Å². The smallest absolute Gasteiger partial charge is 0.322 e. The van der Waals surface area contributed by atoms with Gasteiger partial charge in [-0.3, -0.25) is 10.1 Å².